The zero-order valence-electron chi connectivity index (χ0n) is 44.3. The number of carbonyl (C=O) groups is 2. The lowest BCUT2D eigenvalue weighted by Crippen LogP contribution is -2.44. The van der Waals surface area contributed by atoms with Gasteiger partial charge in [-0.25, -0.2) is 16.8 Å². The number of hydrogen-bond acceptors (Lipinski definition) is 14. The molecule has 2 aliphatic rings. The molecule has 20 heteroatoms. The van der Waals surface area contributed by atoms with Crippen molar-refractivity contribution in [1.29, 1.82) is 0 Å². The lowest BCUT2D eigenvalue weighted by molar-refractivity contribution is 0.0943. The van der Waals surface area contributed by atoms with E-state index in [1.165, 1.54) is 33.8 Å². The van der Waals surface area contributed by atoms with E-state index in [4.69, 9.17) is 18.9 Å². The first-order valence-corrected chi connectivity index (χ1v) is 30.7. The molecule has 4 aromatic carbocycles. The van der Waals surface area contributed by atoms with E-state index in [0.29, 0.717) is 63.8 Å². The van der Waals surface area contributed by atoms with Crippen molar-refractivity contribution in [1.82, 2.24) is 29.9 Å². The highest BCUT2D eigenvalue weighted by Crippen LogP contribution is 2.30. The second-order valence-corrected chi connectivity index (χ2v) is 25.4. The Hall–Kier alpha value is -5.84. The third-order valence-corrected chi connectivity index (χ3v) is 20.1. The summed E-state index contributed by atoms with van der Waals surface area (Å²) in [5.41, 5.74) is 3.33. The number of thiophene rings is 2. The fourth-order valence-electron chi connectivity index (χ4n) is 8.59. The lowest BCUT2D eigenvalue weighted by Gasteiger charge is -2.31. The van der Waals surface area contributed by atoms with E-state index in [1.54, 1.807) is 95.6 Å². The van der Waals surface area contributed by atoms with Gasteiger partial charge in [0.1, 0.15) is 31.4 Å². The summed E-state index contributed by atoms with van der Waals surface area (Å²) in [6, 6.07) is 37.4. The van der Waals surface area contributed by atoms with Gasteiger partial charge in [0.15, 0.2) is 0 Å². The van der Waals surface area contributed by atoms with Crippen molar-refractivity contribution in [2.75, 3.05) is 53.6 Å². The molecule has 4 heterocycles. The van der Waals surface area contributed by atoms with Gasteiger partial charge in [-0.1, -0.05) is 56.7 Å². The molecule has 2 aliphatic heterocycles. The van der Waals surface area contributed by atoms with Gasteiger partial charge >= 0.3 is 0 Å². The molecule has 2 fully saturated rings. The maximum atomic E-state index is 13.2. The van der Waals surface area contributed by atoms with Crippen molar-refractivity contribution >= 4 is 54.5 Å². The van der Waals surface area contributed by atoms with Gasteiger partial charge in [0.2, 0.25) is 0 Å². The summed E-state index contributed by atoms with van der Waals surface area (Å²) in [5, 5.41) is 12.8. The van der Waals surface area contributed by atoms with Crippen LogP contribution >= 0.6 is 22.7 Å². The van der Waals surface area contributed by atoms with Crippen molar-refractivity contribution in [2.45, 2.75) is 105 Å². The van der Waals surface area contributed by atoms with Crippen LogP contribution in [0.5, 0.6) is 23.0 Å². The number of amides is 2. The van der Waals surface area contributed by atoms with Crippen LogP contribution in [-0.4, -0.2) is 103 Å². The first-order valence-electron chi connectivity index (χ1n) is 26.2. The summed E-state index contributed by atoms with van der Waals surface area (Å²) in [6.07, 6.45) is 6.17. The van der Waals surface area contributed by atoms with Gasteiger partial charge in [0.05, 0.1) is 40.5 Å². The minimum absolute atomic E-state index is 0.238. The van der Waals surface area contributed by atoms with E-state index in [1.807, 2.05) is 24.3 Å². The summed E-state index contributed by atoms with van der Waals surface area (Å²) >= 11 is 2.40. The number of sulfonamides is 2. The topological polar surface area (TPSA) is 194 Å². The van der Waals surface area contributed by atoms with E-state index in [9.17, 15) is 26.4 Å². The molecule has 2 amide bonds. The molecular formula is C57H72N6O10S4. The van der Waals surface area contributed by atoms with Crippen LogP contribution in [0.2, 0.25) is 0 Å². The number of nitrogens with one attached hydrogen (secondary N) is 4. The van der Waals surface area contributed by atoms with E-state index in [-0.39, 0.29) is 37.0 Å². The molecule has 6 aromatic rings. The monoisotopic (exact) mass is 1130 g/mol. The Bertz CT molecular complexity index is 3030. The average Bonchev–Trinajstić information content (AvgIpc) is 4.18. The van der Waals surface area contributed by atoms with Crippen molar-refractivity contribution in [3.8, 4) is 23.0 Å². The minimum atomic E-state index is -3.57. The van der Waals surface area contributed by atoms with Crippen molar-refractivity contribution < 1.29 is 45.4 Å². The summed E-state index contributed by atoms with van der Waals surface area (Å²) in [4.78, 5) is 26.5. The largest absolute Gasteiger partial charge is 0.497 e. The maximum Gasteiger partial charge on any atom is 0.252 e. The molecule has 0 atom stereocenters. The van der Waals surface area contributed by atoms with Crippen LogP contribution < -0.4 is 40.2 Å². The predicted octanol–water partition coefficient (Wildman–Crippen LogP) is 9.23. The fourth-order valence-corrected chi connectivity index (χ4v) is 14.4. The normalized spacial score (nSPS) is 14.8. The van der Waals surface area contributed by atoms with Crippen LogP contribution in [0.3, 0.4) is 0 Å². The van der Waals surface area contributed by atoms with Crippen LogP contribution in [0.15, 0.2) is 130 Å². The summed E-state index contributed by atoms with van der Waals surface area (Å²) in [6.45, 7) is 9.58. The molecule has 16 nitrogen and oxygen atoms in total. The van der Waals surface area contributed by atoms with E-state index in [0.717, 1.165) is 85.9 Å². The Morgan fingerprint density at radius 3 is 1.32 bits per heavy atom. The van der Waals surface area contributed by atoms with Gasteiger partial charge in [-0.15, -0.1) is 22.7 Å². The Morgan fingerprint density at radius 1 is 0.519 bits per heavy atom. The lowest BCUT2D eigenvalue weighted by atomic mass is 10.1. The molecule has 0 radical (unpaired) electrons. The van der Waals surface area contributed by atoms with E-state index >= 15 is 0 Å². The smallest absolute Gasteiger partial charge is 0.252 e. The standard InChI is InChI=1S/C29H37N3O5S2.C28H35N3O5S2/c1-3-4-18-37-25-10-8-22(9-11-25)20-30-24-14-16-32(17-15-24)39(34,35)28-13-12-27(38-28)21-31-29(33)23-6-5-7-26(19-23)36-2;1-3-17-36-24-9-7-21(8-10-24)19-29-23-13-15-31(16-14-23)38(33,34)27-12-11-26(37-27)20-30-28(32)22-5-4-6-25(18-22)35-2/h5-13,19,24,30H,3-4,14-18,20-21H2,1-2H3,(H,31,33);4-12,18,23,29H,3,13-17,19-20H2,1-2H3,(H,30,32). The van der Waals surface area contributed by atoms with Gasteiger partial charge in [-0.3, -0.25) is 9.59 Å². The van der Waals surface area contributed by atoms with E-state index < -0.39 is 20.0 Å². The Morgan fingerprint density at radius 2 is 0.935 bits per heavy atom. The number of unbranched alkanes of at least 4 members (excludes halogenated alkanes) is 1. The second kappa shape index (κ2) is 29.2. The Kier molecular flexibility index (Phi) is 22.3. The number of benzene rings is 4. The zero-order chi connectivity index (χ0) is 54.6. The van der Waals surface area contributed by atoms with Gasteiger partial charge in [-0.2, -0.15) is 8.61 Å². The van der Waals surface area contributed by atoms with Gasteiger partial charge in [-0.05, 0) is 135 Å². The Labute approximate surface area is 462 Å². The highest BCUT2D eigenvalue weighted by molar-refractivity contribution is 7.91. The first kappa shape index (κ1) is 58.8. The highest BCUT2D eigenvalue weighted by Gasteiger charge is 2.32. The molecule has 2 saturated heterocycles. The third-order valence-electron chi connectivity index (χ3n) is 13.2. The molecule has 0 spiro atoms. The quantitative estimate of drug-likeness (QED) is 0.0398. The summed E-state index contributed by atoms with van der Waals surface area (Å²) in [7, 11) is -4.03. The van der Waals surface area contributed by atoms with Crippen molar-refractivity contribution in [3.63, 3.8) is 0 Å². The Balaban J connectivity index is 0.000000224. The number of carbonyl (C=O) groups excluding carboxylic acids is 2. The third kappa shape index (κ3) is 17.3. The second-order valence-electron chi connectivity index (χ2n) is 18.7. The number of ether oxygens (including phenoxy) is 4. The minimum Gasteiger partial charge on any atom is -0.497 e. The van der Waals surface area contributed by atoms with Crippen LogP contribution in [-0.2, 0) is 46.2 Å². The molecule has 77 heavy (non-hydrogen) atoms. The number of methoxy groups -OCH3 is 2. The molecule has 2 aromatic heterocycles. The average molecular weight is 1130 g/mol. The summed E-state index contributed by atoms with van der Waals surface area (Å²) in [5.74, 6) is 2.50. The molecule has 0 unspecified atom stereocenters. The number of piperidine rings is 2. The molecular weight excluding hydrogens is 1060 g/mol. The fraction of sp³-hybridized carbons (Fsp3) is 0.404. The van der Waals surface area contributed by atoms with Crippen LogP contribution in [0.1, 0.15) is 100 Å². The highest BCUT2D eigenvalue weighted by atomic mass is 32.3. The van der Waals surface area contributed by atoms with Crippen molar-refractivity contribution in [2.24, 2.45) is 0 Å². The molecule has 0 bridgehead atoms. The van der Waals surface area contributed by atoms with Crippen molar-refractivity contribution in [3.05, 3.63) is 153 Å². The molecule has 8 rings (SSSR count). The number of rotatable bonds is 25. The van der Waals surface area contributed by atoms with Crippen LogP contribution in [0.25, 0.3) is 0 Å². The number of hydrogen-bond donors (Lipinski definition) is 4. The van der Waals surface area contributed by atoms with Gasteiger partial charge in [0, 0.05) is 72.2 Å². The van der Waals surface area contributed by atoms with E-state index in [2.05, 4.69) is 59.4 Å². The van der Waals surface area contributed by atoms with Crippen LogP contribution in [0, 0.1) is 0 Å². The first-order chi connectivity index (χ1) is 37.3. The van der Waals surface area contributed by atoms with Gasteiger partial charge in [0.25, 0.3) is 31.9 Å². The molecule has 4 N–H and O–H groups in total. The van der Waals surface area contributed by atoms with Crippen LogP contribution in [0.4, 0.5) is 0 Å². The maximum absolute atomic E-state index is 13.2. The molecule has 0 aliphatic carbocycles. The number of nitrogens with zero attached hydrogens (tertiary/aromatic N) is 2. The molecule has 414 valence electrons. The van der Waals surface area contributed by atoms with Gasteiger partial charge < -0.3 is 40.2 Å². The molecule has 0 saturated carbocycles. The SMILES string of the molecule is CCCCOc1ccc(CNC2CCN(S(=O)(=O)c3ccc(CNC(=O)c4cccc(OC)c4)s3)CC2)cc1.CCCOc1ccc(CNC2CCN(S(=O)(=O)c3ccc(CNC(=O)c4cccc(OC)c4)s3)CC2)cc1. The summed E-state index contributed by atoms with van der Waals surface area (Å²) < 4.78 is 78.4. The predicted molar refractivity (Wildman–Crippen MR) is 303 cm³/mol. The zero-order valence-corrected chi connectivity index (χ0v) is 47.6.